The molecule has 5 rings (SSSR count). The van der Waals surface area contributed by atoms with Crippen molar-refractivity contribution in [3.63, 3.8) is 0 Å². The van der Waals surface area contributed by atoms with E-state index in [2.05, 4.69) is 15.1 Å². The van der Waals surface area contributed by atoms with E-state index in [1.165, 1.54) is 4.57 Å². The highest BCUT2D eigenvalue weighted by atomic mass is 16.6. The van der Waals surface area contributed by atoms with Crippen molar-refractivity contribution in [2.24, 2.45) is 7.05 Å². The monoisotopic (exact) mass is 526 g/mol. The summed E-state index contributed by atoms with van der Waals surface area (Å²) in [6, 6.07) is 5.58. The average Bonchev–Trinajstić information content (AvgIpc) is 3.13. The molecule has 206 valence electrons. The number of amides is 3. The second kappa shape index (κ2) is 10.1. The fourth-order valence-electron chi connectivity index (χ4n) is 5.97. The van der Waals surface area contributed by atoms with Crippen molar-refractivity contribution in [3.05, 3.63) is 28.7 Å². The summed E-state index contributed by atoms with van der Waals surface area (Å²) in [4.78, 5) is 56.5. The highest BCUT2D eigenvalue weighted by Gasteiger charge is 2.34. The predicted molar refractivity (Wildman–Crippen MR) is 143 cm³/mol. The molecule has 38 heavy (non-hydrogen) atoms. The van der Waals surface area contributed by atoms with Gasteiger partial charge in [0.05, 0.1) is 16.7 Å². The van der Waals surface area contributed by atoms with Crippen molar-refractivity contribution in [2.45, 2.75) is 64.1 Å². The molecule has 3 saturated heterocycles. The number of piperazine rings is 1. The van der Waals surface area contributed by atoms with Gasteiger partial charge in [-0.2, -0.15) is 0 Å². The van der Waals surface area contributed by atoms with Crippen molar-refractivity contribution < 1.29 is 19.1 Å². The number of imide groups is 1. The van der Waals surface area contributed by atoms with Crippen molar-refractivity contribution in [2.75, 3.05) is 44.2 Å². The molecule has 1 aromatic carbocycles. The van der Waals surface area contributed by atoms with E-state index < -0.39 is 17.6 Å². The maximum absolute atomic E-state index is 13.3. The minimum Gasteiger partial charge on any atom is -0.444 e. The number of para-hydroxylation sites is 1. The maximum atomic E-state index is 13.3. The summed E-state index contributed by atoms with van der Waals surface area (Å²) in [6.45, 7) is 10.5. The van der Waals surface area contributed by atoms with Crippen LogP contribution in [0.3, 0.4) is 0 Å². The number of aryl methyl sites for hydroxylation is 1. The lowest BCUT2D eigenvalue weighted by Gasteiger charge is -2.43. The van der Waals surface area contributed by atoms with E-state index in [4.69, 9.17) is 4.74 Å². The number of ether oxygens (including phenoxy) is 1. The molecule has 0 saturated carbocycles. The molecule has 1 atom stereocenters. The molecule has 3 aliphatic heterocycles. The molecule has 2 aromatic rings. The van der Waals surface area contributed by atoms with Gasteiger partial charge in [-0.3, -0.25) is 28.9 Å². The number of benzene rings is 1. The molecule has 0 radical (unpaired) electrons. The van der Waals surface area contributed by atoms with Gasteiger partial charge in [0.25, 0.3) is 0 Å². The third-order valence-electron chi connectivity index (χ3n) is 7.89. The number of nitrogens with one attached hydrogen (secondary N) is 1. The number of piperidine rings is 2. The van der Waals surface area contributed by atoms with Crippen LogP contribution in [-0.4, -0.2) is 87.8 Å². The molecule has 11 nitrogen and oxygen atoms in total. The van der Waals surface area contributed by atoms with Crippen LogP contribution < -0.4 is 15.9 Å². The zero-order valence-corrected chi connectivity index (χ0v) is 22.7. The Morgan fingerprint density at radius 3 is 2.29 bits per heavy atom. The van der Waals surface area contributed by atoms with Gasteiger partial charge in [-0.25, -0.2) is 9.59 Å². The molecule has 3 amide bonds. The number of hydrogen-bond donors (Lipinski definition) is 1. The van der Waals surface area contributed by atoms with Gasteiger partial charge in [-0.1, -0.05) is 6.07 Å². The molecule has 4 heterocycles. The van der Waals surface area contributed by atoms with E-state index >= 15 is 0 Å². The van der Waals surface area contributed by atoms with Crippen LogP contribution in [0.1, 0.15) is 52.5 Å². The summed E-state index contributed by atoms with van der Waals surface area (Å²) in [5, 5.41) is 2.37. The lowest BCUT2D eigenvalue weighted by atomic mass is 10.0. The SMILES string of the molecule is Cn1c(=O)n(C2CCC(=O)NC2=O)c2cccc(N3CCN(C4CCN(C(=O)OC(C)(C)C)CC4)CC3)c21. The van der Waals surface area contributed by atoms with Gasteiger partial charge in [0.15, 0.2) is 0 Å². The van der Waals surface area contributed by atoms with E-state index in [1.807, 2.05) is 43.9 Å². The fourth-order valence-corrected chi connectivity index (χ4v) is 5.97. The Morgan fingerprint density at radius 2 is 1.66 bits per heavy atom. The quantitative estimate of drug-likeness (QED) is 0.608. The number of likely N-dealkylation sites (tertiary alicyclic amines) is 1. The van der Waals surface area contributed by atoms with Crippen LogP contribution in [0.4, 0.5) is 10.5 Å². The Balaban J connectivity index is 1.26. The van der Waals surface area contributed by atoms with Crippen LogP contribution in [0.15, 0.2) is 23.0 Å². The second-order valence-electron chi connectivity index (χ2n) is 11.5. The Hall–Kier alpha value is -3.34. The highest BCUT2D eigenvalue weighted by Crippen LogP contribution is 2.31. The van der Waals surface area contributed by atoms with Crippen LogP contribution in [0.5, 0.6) is 0 Å². The zero-order valence-electron chi connectivity index (χ0n) is 22.7. The van der Waals surface area contributed by atoms with E-state index in [0.717, 1.165) is 50.2 Å². The van der Waals surface area contributed by atoms with Crippen LogP contribution in [0, 0.1) is 0 Å². The lowest BCUT2D eigenvalue weighted by Crippen LogP contribution is -2.54. The fraction of sp³-hybridized carbons (Fsp3) is 0.630. The Morgan fingerprint density at radius 1 is 0.974 bits per heavy atom. The van der Waals surface area contributed by atoms with Crippen molar-refractivity contribution in [1.82, 2.24) is 24.3 Å². The number of fused-ring (bicyclic) bond motifs is 1. The number of aromatic nitrogens is 2. The largest absolute Gasteiger partial charge is 0.444 e. The van der Waals surface area contributed by atoms with Gasteiger partial charge in [0.1, 0.15) is 11.6 Å². The summed E-state index contributed by atoms with van der Waals surface area (Å²) in [6.07, 6.45) is 2.16. The van der Waals surface area contributed by atoms with Crippen LogP contribution in [0.2, 0.25) is 0 Å². The first-order chi connectivity index (χ1) is 18.0. The number of imidazole rings is 1. The normalized spacial score (nSPS) is 22.2. The average molecular weight is 527 g/mol. The third kappa shape index (κ3) is 5.03. The Labute approximate surface area is 222 Å². The minimum atomic E-state index is -0.692. The van der Waals surface area contributed by atoms with Crippen LogP contribution in [0.25, 0.3) is 11.0 Å². The van der Waals surface area contributed by atoms with Crippen molar-refractivity contribution >= 4 is 34.6 Å². The van der Waals surface area contributed by atoms with Crippen molar-refractivity contribution in [3.8, 4) is 0 Å². The standard InChI is InChI=1S/C27H38N6O5/c1-27(2,3)38-26(37)32-12-10-18(11-13-32)30-14-16-31(17-15-30)19-6-5-7-20-23(19)29(4)25(36)33(20)21-8-9-22(34)28-24(21)35/h5-7,18,21H,8-17H2,1-4H3,(H,28,34,35). The summed E-state index contributed by atoms with van der Waals surface area (Å²) in [7, 11) is 1.74. The Kier molecular flexibility index (Phi) is 6.97. The number of anilines is 1. The minimum absolute atomic E-state index is 0.220. The molecule has 0 bridgehead atoms. The smallest absolute Gasteiger partial charge is 0.410 e. The highest BCUT2D eigenvalue weighted by molar-refractivity contribution is 6.00. The number of carbonyl (C=O) groups is 3. The van der Waals surface area contributed by atoms with Crippen LogP contribution in [-0.2, 0) is 21.4 Å². The summed E-state index contributed by atoms with van der Waals surface area (Å²) in [5.41, 5.74) is 1.76. The summed E-state index contributed by atoms with van der Waals surface area (Å²) < 4.78 is 8.68. The molecule has 1 N–H and O–H groups in total. The van der Waals surface area contributed by atoms with Gasteiger partial charge in [0, 0.05) is 58.8 Å². The molecule has 3 fully saturated rings. The summed E-state index contributed by atoms with van der Waals surface area (Å²) in [5.74, 6) is -0.721. The molecule has 11 heteroatoms. The van der Waals surface area contributed by atoms with Gasteiger partial charge in [0.2, 0.25) is 11.8 Å². The van der Waals surface area contributed by atoms with Crippen LogP contribution >= 0.6 is 0 Å². The van der Waals surface area contributed by atoms with Gasteiger partial charge < -0.3 is 14.5 Å². The van der Waals surface area contributed by atoms with E-state index in [1.54, 1.807) is 11.6 Å². The van der Waals surface area contributed by atoms with E-state index in [0.29, 0.717) is 31.1 Å². The lowest BCUT2D eigenvalue weighted by molar-refractivity contribution is -0.135. The topological polar surface area (TPSA) is 109 Å². The molecule has 0 spiro atoms. The molecular formula is C27H38N6O5. The molecule has 1 aromatic heterocycles. The van der Waals surface area contributed by atoms with E-state index in [-0.39, 0.29) is 24.1 Å². The molecular weight excluding hydrogens is 488 g/mol. The zero-order chi connectivity index (χ0) is 27.2. The third-order valence-corrected chi connectivity index (χ3v) is 7.89. The number of nitrogens with zero attached hydrogens (tertiary/aromatic N) is 5. The molecule has 0 aliphatic carbocycles. The molecule has 3 aliphatic rings. The first kappa shape index (κ1) is 26.3. The van der Waals surface area contributed by atoms with Gasteiger partial charge >= 0.3 is 11.8 Å². The number of carbonyl (C=O) groups excluding carboxylic acids is 3. The second-order valence-corrected chi connectivity index (χ2v) is 11.5. The molecule has 1 unspecified atom stereocenters. The first-order valence-electron chi connectivity index (χ1n) is 13.5. The maximum Gasteiger partial charge on any atom is 0.410 e. The summed E-state index contributed by atoms with van der Waals surface area (Å²) >= 11 is 0. The van der Waals surface area contributed by atoms with E-state index in [9.17, 15) is 19.2 Å². The van der Waals surface area contributed by atoms with Crippen molar-refractivity contribution in [1.29, 1.82) is 0 Å². The number of hydrogen-bond acceptors (Lipinski definition) is 7. The first-order valence-corrected chi connectivity index (χ1v) is 13.5. The Bertz CT molecular complexity index is 1290. The predicted octanol–water partition coefficient (Wildman–Crippen LogP) is 1.84. The van der Waals surface area contributed by atoms with Gasteiger partial charge in [-0.15, -0.1) is 0 Å². The number of rotatable bonds is 3. The van der Waals surface area contributed by atoms with Gasteiger partial charge in [-0.05, 0) is 52.2 Å².